The first-order chi connectivity index (χ1) is 14.0. The van der Waals surface area contributed by atoms with Gasteiger partial charge in [-0.1, -0.05) is 18.2 Å². The van der Waals surface area contributed by atoms with Gasteiger partial charge in [-0.3, -0.25) is 9.59 Å². The molecule has 1 heterocycles. The third-order valence-electron chi connectivity index (χ3n) is 4.49. The molecule has 0 atom stereocenters. The van der Waals surface area contributed by atoms with E-state index in [0.717, 1.165) is 0 Å². The van der Waals surface area contributed by atoms with Crippen molar-refractivity contribution in [1.29, 1.82) is 0 Å². The molecule has 2 aromatic carbocycles. The van der Waals surface area contributed by atoms with E-state index in [-0.39, 0.29) is 31.4 Å². The fourth-order valence-corrected chi connectivity index (χ4v) is 2.97. The molecule has 3 rings (SSSR count). The number of rotatable bonds is 7. The van der Waals surface area contributed by atoms with Crippen LogP contribution in [0.3, 0.4) is 0 Å². The summed E-state index contributed by atoms with van der Waals surface area (Å²) in [5, 5.41) is 0.663. The zero-order valence-electron chi connectivity index (χ0n) is 16.2. The molecule has 0 unspecified atom stereocenters. The number of carbonyl (C=O) groups excluding carboxylic acids is 2. The SMILES string of the molecule is COCCN(CC(=O)OC)C(=O)c1cc(-c2ccc(F)cc2)nc2ccccc12. The van der Waals surface area contributed by atoms with E-state index in [9.17, 15) is 14.0 Å². The van der Waals surface area contributed by atoms with Crippen molar-refractivity contribution in [1.82, 2.24) is 9.88 Å². The maximum Gasteiger partial charge on any atom is 0.325 e. The summed E-state index contributed by atoms with van der Waals surface area (Å²) in [5.41, 5.74) is 2.25. The lowest BCUT2D eigenvalue weighted by Crippen LogP contribution is -2.38. The number of esters is 1. The minimum atomic E-state index is -0.522. The van der Waals surface area contributed by atoms with Gasteiger partial charge in [0, 0.05) is 24.6 Å². The summed E-state index contributed by atoms with van der Waals surface area (Å²) in [6.45, 7) is 0.310. The Morgan fingerprint density at radius 3 is 2.48 bits per heavy atom. The van der Waals surface area contributed by atoms with Crippen molar-refractivity contribution in [3.05, 3.63) is 66.0 Å². The molecule has 0 saturated carbocycles. The summed E-state index contributed by atoms with van der Waals surface area (Å²) in [4.78, 5) is 31.1. The molecule has 0 bridgehead atoms. The zero-order chi connectivity index (χ0) is 20.8. The van der Waals surface area contributed by atoms with Gasteiger partial charge in [0.05, 0.1) is 30.5 Å². The van der Waals surface area contributed by atoms with E-state index in [2.05, 4.69) is 4.98 Å². The van der Waals surface area contributed by atoms with Crippen LogP contribution in [0, 0.1) is 5.82 Å². The number of para-hydroxylation sites is 1. The van der Waals surface area contributed by atoms with Crippen molar-refractivity contribution in [3.63, 3.8) is 0 Å². The lowest BCUT2D eigenvalue weighted by molar-refractivity contribution is -0.141. The van der Waals surface area contributed by atoms with E-state index in [1.807, 2.05) is 12.1 Å². The Kier molecular flexibility index (Phi) is 6.51. The topological polar surface area (TPSA) is 68.7 Å². The highest BCUT2D eigenvalue weighted by atomic mass is 19.1. The number of methoxy groups -OCH3 is 2. The van der Waals surface area contributed by atoms with Crippen LogP contribution in [-0.2, 0) is 14.3 Å². The summed E-state index contributed by atoms with van der Waals surface area (Å²) in [6, 6.07) is 14.8. The second kappa shape index (κ2) is 9.25. The van der Waals surface area contributed by atoms with Crippen LogP contribution in [-0.4, -0.2) is 55.7 Å². The van der Waals surface area contributed by atoms with Crippen LogP contribution in [0.4, 0.5) is 4.39 Å². The molecular weight excluding hydrogens is 375 g/mol. The van der Waals surface area contributed by atoms with Crippen LogP contribution in [0.1, 0.15) is 10.4 Å². The highest BCUT2D eigenvalue weighted by molar-refractivity contribution is 6.07. The van der Waals surface area contributed by atoms with E-state index in [1.165, 1.54) is 31.3 Å². The van der Waals surface area contributed by atoms with Gasteiger partial charge >= 0.3 is 5.97 Å². The van der Waals surface area contributed by atoms with Crippen molar-refractivity contribution in [2.24, 2.45) is 0 Å². The van der Waals surface area contributed by atoms with E-state index in [4.69, 9.17) is 9.47 Å². The van der Waals surface area contributed by atoms with Crippen LogP contribution in [0.2, 0.25) is 0 Å². The first-order valence-corrected chi connectivity index (χ1v) is 9.04. The van der Waals surface area contributed by atoms with Crippen molar-refractivity contribution >= 4 is 22.8 Å². The molecule has 0 fully saturated rings. The van der Waals surface area contributed by atoms with Gasteiger partial charge < -0.3 is 14.4 Å². The molecule has 0 N–H and O–H groups in total. The number of nitrogens with zero attached hydrogens (tertiary/aromatic N) is 2. The van der Waals surface area contributed by atoms with E-state index < -0.39 is 5.97 Å². The minimum Gasteiger partial charge on any atom is -0.468 e. The average molecular weight is 396 g/mol. The maximum absolute atomic E-state index is 13.3. The molecule has 0 radical (unpaired) electrons. The first-order valence-electron chi connectivity index (χ1n) is 9.04. The van der Waals surface area contributed by atoms with Gasteiger partial charge in [-0.25, -0.2) is 9.37 Å². The van der Waals surface area contributed by atoms with Crippen LogP contribution in [0.5, 0.6) is 0 Å². The summed E-state index contributed by atoms with van der Waals surface area (Å²) in [5.74, 6) is -1.21. The molecule has 29 heavy (non-hydrogen) atoms. The molecule has 150 valence electrons. The van der Waals surface area contributed by atoms with Gasteiger partial charge in [0.25, 0.3) is 5.91 Å². The van der Waals surface area contributed by atoms with Gasteiger partial charge in [-0.05, 0) is 36.4 Å². The minimum absolute atomic E-state index is 0.193. The fraction of sp³-hybridized carbons (Fsp3) is 0.227. The fourth-order valence-electron chi connectivity index (χ4n) is 2.97. The monoisotopic (exact) mass is 396 g/mol. The van der Waals surface area contributed by atoms with Crippen LogP contribution >= 0.6 is 0 Å². The Morgan fingerprint density at radius 1 is 1.07 bits per heavy atom. The molecule has 3 aromatic rings. The van der Waals surface area contributed by atoms with Gasteiger partial charge in [0.1, 0.15) is 12.4 Å². The lowest BCUT2D eigenvalue weighted by atomic mass is 10.0. The van der Waals surface area contributed by atoms with Crippen LogP contribution < -0.4 is 0 Å². The Morgan fingerprint density at radius 2 is 1.79 bits per heavy atom. The third kappa shape index (κ3) is 4.75. The number of hydrogen-bond donors (Lipinski definition) is 0. The second-order valence-corrected chi connectivity index (χ2v) is 6.37. The first kappa shape index (κ1) is 20.4. The molecule has 0 saturated heterocycles. The van der Waals surface area contributed by atoms with Crippen molar-refractivity contribution in [2.75, 3.05) is 33.9 Å². The second-order valence-electron chi connectivity index (χ2n) is 6.37. The highest BCUT2D eigenvalue weighted by Crippen LogP contribution is 2.26. The number of amides is 1. The Hall–Kier alpha value is -3.32. The Labute approximate surface area is 167 Å². The number of aromatic nitrogens is 1. The third-order valence-corrected chi connectivity index (χ3v) is 4.49. The van der Waals surface area contributed by atoms with Gasteiger partial charge in [0.2, 0.25) is 0 Å². The predicted molar refractivity (Wildman–Crippen MR) is 107 cm³/mol. The van der Waals surface area contributed by atoms with Gasteiger partial charge in [-0.15, -0.1) is 0 Å². The molecule has 0 aliphatic heterocycles. The summed E-state index contributed by atoms with van der Waals surface area (Å²) >= 11 is 0. The number of halogens is 1. The van der Waals surface area contributed by atoms with E-state index >= 15 is 0 Å². The summed E-state index contributed by atoms with van der Waals surface area (Å²) in [7, 11) is 2.80. The number of hydrogen-bond acceptors (Lipinski definition) is 5. The van der Waals surface area contributed by atoms with E-state index in [1.54, 1.807) is 30.3 Å². The molecule has 0 aliphatic rings. The molecule has 6 nitrogen and oxygen atoms in total. The number of pyridine rings is 1. The molecular formula is C22H21FN2O4. The normalized spacial score (nSPS) is 10.7. The van der Waals surface area contributed by atoms with Gasteiger partial charge in [-0.2, -0.15) is 0 Å². The molecule has 1 aromatic heterocycles. The summed E-state index contributed by atoms with van der Waals surface area (Å²) in [6.07, 6.45) is 0. The standard InChI is InChI=1S/C22H21FN2O4/c1-28-12-11-25(14-21(26)29-2)22(27)18-13-20(15-7-9-16(23)10-8-15)24-19-6-4-3-5-17(18)19/h3-10,13H,11-12,14H2,1-2H3. The molecule has 1 amide bonds. The highest BCUT2D eigenvalue weighted by Gasteiger charge is 2.22. The Bertz CT molecular complexity index is 1020. The van der Waals surface area contributed by atoms with Crippen molar-refractivity contribution < 1.29 is 23.5 Å². The number of carbonyl (C=O) groups is 2. The zero-order valence-corrected chi connectivity index (χ0v) is 16.2. The van der Waals surface area contributed by atoms with Gasteiger partial charge in [0.15, 0.2) is 0 Å². The Balaban J connectivity index is 2.08. The van der Waals surface area contributed by atoms with Crippen molar-refractivity contribution in [3.8, 4) is 11.3 Å². The lowest BCUT2D eigenvalue weighted by Gasteiger charge is -2.22. The van der Waals surface area contributed by atoms with Crippen molar-refractivity contribution in [2.45, 2.75) is 0 Å². The predicted octanol–water partition coefficient (Wildman–Crippen LogP) is 3.30. The molecule has 7 heteroatoms. The smallest absolute Gasteiger partial charge is 0.325 e. The van der Waals surface area contributed by atoms with E-state index in [0.29, 0.717) is 27.7 Å². The number of benzene rings is 2. The molecule has 0 aliphatic carbocycles. The largest absolute Gasteiger partial charge is 0.468 e. The van der Waals surface area contributed by atoms with Crippen LogP contribution in [0.25, 0.3) is 22.2 Å². The quantitative estimate of drug-likeness (QED) is 0.573. The maximum atomic E-state index is 13.3. The number of fused-ring (bicyclic) bond motifs is 1. The average Bonchev–Trinajstić information content (AvgIpc) is 2.75. The number of ether oxygens (including phenoxy) is 2. The summed E-state index contributed by atoms with van der Waals surface area (Å²) < 4.78 is 23.1. The molecule has 0 spiro atoms. The van der Waals surface area contributed by atoms with Crippen LogP contribution in [0.15, 0.2) is 54.6 Å².